The first-order chi connectivity index (χ1) is 9.58. The molecular weight excluding hydrogens is 270 g/mol. The molecule has 1 fully saturated rings. The molecule has 0 spiro atoms. The predicted octanol–water partition coefficient (Wildman–Crippen LogP) is 2.03. The first kappa shape index (κ1) is 15.4. The van der Waals surface area contributed by atoms with Crippen LogP contribution in [0.25, 0.3) is 0 Å². The highest BCUT2D eigenvalue weighted by Crippen LogP contribution is 2.24. The van der Waals surface area contributed by atoms with Gasteiger partial charge in [-0.3, -0.25) is 9.69 Å². The van der Waals surface area contributed by atoms with Crippen molar-refractivity contribution in [2.45, 2.75) is 30.8 Å². The number of rotatable bonds is 4. The van der Waals surface area contributed by atoms with Crippen LogP contribution in [0.2, 0.25) is 0 Å². The molecule has 2 rings (SSSR count). The molecule has 0 aromatic heterocycles. The fourth-order valence-electron chi connectivity index (χ4n) is 2.71. The average Bonchev–Trinajstić information content (AvgIpc) is 2.37. The quantitative estimate of drug-likeness (QED) is 0.834. The van der Waals surface area contributed by atoms with Gasteiger partial charge in [-0.05, 0) is 32.2 Å². The number of carbonyl (C=O) groups excluding carboxylic acids is 1. The van der Waals surface area contributed by atoms with Gasteiger partial charge in [0.1, 0.15) is 0 Å². The SMILES string of the molecule is CSc1ccccc1NC(=O)CN1CC(C)NC(C)C1. The lowest BCUT2D eigenvalue weighted by atomic mass is 10.1. The second kappa shape index (κ2) is 7.11. The number of hydrogen-bond acceptors (Lipinski definition) is 4. The Morgan fingerprint density at radius 3 is 2.65 bits per heavy atom. The molecule has 1 aliphatic rings. The largest absolute Gasteiger partial charge is 0.324 e. The van der Waals surface area contributed by atoms with Gasteiger partial charge in [0.2, 0.25) is 5.91 Å². The fraction of sp³-hybridized carbons (Fsp3) is 0.533. The Bertz CT molecular complexity index is 456. The molecule has 0 bridgehead atoms. The third-order valence-electron chi connectivity index (χ3n) is 3.38. The number of amides is 1. The Morgan fingerprint density at radius 2 is 2.00 bits per heavy atom. The molecule has 2 unspecified atom stereocenters. The van der Waals surface area contributed by atoms with E-state index in [9.17, 15) is 4.79 Å². The van der Waals surface area contributed by atoms with Crippen LogP contribution >= 0.6 is 11.8 Å². The van der Waals surface area contributed by atoms with E-state index in [0.717, 1.165) is 23.7 Å². The van der Waals surface area contributed by atoms with Crippen molar-refractivity contribution in [3.05, 3.63) is 24.3 Å². The topological polar surface area (TPSA) is 44.4 Å². The number of nitrogens with zero attached hydrogens (tertiary/aromatic N) is 1. The summed E-state index contributed by atoms with van der Waals surface area (Å²) >= 11 is 1.65. The number of carbonyl (C=O) groups is 1. The molecule has 5 heteroatoms. The van der Waals surface area contributed by atoms with E-state index in [0.29, 0.717) is 18.6 Å². The van der Waals surface area contributed by atoms with E-state index < -0.39 is 0 Å². The highest BCUT2D eigenvalue weighted by molar-refractivity contribution is 7.98. The summed E-state index contributed by atoms with van der Waals surface area (Å²) < 4.78 is 0. The van der Waals surface area contributed by atoms with Crippen LogP contribution in [-0.2, 0) is 4.79 Å². The summed E-state index contributed by atoms with van der Waals surface area (Å²) in [5, 5.41) is 6.49. The van der Waals surface area contributed by atoms with Crippen molar-refractivity contribution in [3.8, 4) is 0 Å². The third kappa shape index (κ3) is 4.23. The van der Waals surface area contributed by atoms with Gasteiger partial charge in [-0.1, -0.05) is 12.1 Å². The standard InChI is InChI=1S/C15H23N3OS/c1-11-8-18(9-12(2)16-11)10-15(19)17-13-6-4-5-7-14(13)20-3/h4-7,11-12,16H,8-10H2,1-3H3,(H,17,19). The molecule has 1 aliphatic heterocycles. The van der Waals surface area contributed by atoms with Crippen molar-refractivity contribution in [1.82, 2.24) is 10.2 Å². The van der Waals surface area contributed by atoms with Crippen LogP contribution < -0.4 is 10.6 Å². The van der Waals surface area contributed by atoms with E-state index in [4.69, 9.17) is 0 Å². The molecule has 2 atom stereocenters. The van der Waals surface area contributed by atoms with E-state index in [2.05, 4.69) is 29.4 Å². The van der Waals surface area contributed by atoms with Gasteiger partial charge in [-0.15, -0.1) is 11.8 Å². The summed E-state index contributed by atoms with van der Waals surface area (Å²) in [6.07, 6.45) is 2.02. The van der Waals surface area contributed by atoms with Crippen LogP contribution in [0, 0.1) is 0 Å². The average molecular weight is 293 g/mol. The first-order valence-electron chi connectivity index (χ1n) is 6.99. The summed E-state index contributed by atoms with van der Waals surface area (Å²) in [4.78, 5) is 15.5. The monoisotopic (exact) mass is 293 g/mol. The molecule has 1 heterocycles. The second-order valence-electron chi connectivity index (χ2n) is 5.41. The number of para-hydroxylation sites is 1. The van der Waals surface area contributed by atoms with Crippen LogP contribution in [-0.4, -0.2) is 48.8 Å². The number of nitrogens with one attached hydrogen (secondary N) is 2. The van der Waals surface area contributed by atoms with E-state index in [1.54, 1.807) is 11.8 Å². The molecule has 0 radical (unpaired) electrons. The fourth-order valence-corrected chi connectivity index (χ4v) is 3.26. The van der Waals surface area contributed by atoms with Crippen LogP contribution in [0.15, 0.2) is 29.2 Å². The summed E-state index contributed by atoms with van der Waals surface area (Å²) in [7, 11) is 0. The van der Waals surface area contributed by atoms with E-state index in [1.165, 1.54) is 0 Å². The van der Waals surface area contributed by atoms with Gasteiger partial charge in [-0.2, -0.15) is 0 Å². The second-order valence-corrected chi connectivity index (χ2v) is 6.26. The molecular formula is C15H23N3OS. The Kier molecular flexibility index (Phi) is 5.46. The number of hydrogen-bond donors (Lipinski definition) is 2. The lowest BCUT2D eigenvalue weighted by Gasteiger charge is -2.35. The van der Waals surface area contributed by atoms with Crippen LogP contribution in [0.3, 0.4) is 0 Å². The molecule has 1 amide bonds. The molecule has 4 nitrogen and oxygen atoms in total. The molecule has 110 valence electrons. The summed E-state index contributed by atoms with van der Waals surface area (Å²) in [5.41, 5.74) is 0.904. The molecule has 1 saturated heterocycles. The smallest absolute Gasteiger partial charge is 0.238 e. The maximum atomic E-state index is 12.2. The van der Waals surface area contributed by atoms with Crippen molar-refractivity contribution >= 4 is 23.4 Å². The molecule has 20 heavy (non-hydrogen) atoms. The van der Waals surface area contributed by atoms with Crippen molar-refractivity contribution in [2.75, 3.05) is 31.2 Å². The third-order valence-corrected chi connectivity index (χ3v) is 4.18. The van der Waals surface area contributed by atoms with Gasteiger partial charge in [0, 0.05) is 30.1 Å². The van der Waals surface area contributed by atoms with Gasteiger partial charge in [-0.25, -0.2) is 0 Å². The molecule has 0 aliphatic carbocycles. The highest BCUT2D eigenvalue weighted by atomic mass is 32.2. The Morgan fingerprint density at radius 1 is 1.35 bits per heavy atom. The van der Waals surface area contributed by atoms with Gasteiger partial charge in [0.25, 0.3) is 0 Å². The summed E-state index contributed by atoms with van der Waals surface area (Å²) in [6, 6.07) is 8.78. The number of thioether (sulfide) groups is 1. The number of piperazine rings is 1. The first-order valence-corrected chi connectivity index (χ1v) is 8.22. The zero-order chi connectivity index (χ0) is 14.5. The maximum absolute atomic E-state index is 12.2. The van der Waals surface area contributed by atoms with Gasteiger partial charge in [0.05, 0.1) is 12.2 Å². The Hall–Kier alpha value is -1.04. The van der Waals surface area contributed by atoms with Crippen LogP contribution in [0.1, 0.15) is 13.8 Å². The van der Waals surface area contributed by atoms with Gasteiger partial charge >= 0.3 is 0 Å². The zero-order valence-corrected chi connectivity index (χ0v) is 13.2. The maximum Gasteiger partial charge on any atom is 0.238 e. The minimum Gasteiger partial charge on any atom is -0.324 e. The lowest BCUT2D eigenvalue weighted by Crippen LogP contribution is -2.55. The number of anilines is 1. The normalized spacial score (nSPS) is 23.6. The lowest BCUT2D eigenvalue weighted by molar-refractivity contribution is -0.117. The van der Waals surface area contributed by atoms with Crippen LogP contribution in [0.4, 0.5) is 5.69 Å². The minimum absolute atomic E-state index is 0.0628. The Balaban J connectivity index is 1.92. The van der Waals surface area contributed by atoms with Crippen LogP contribution in [0.5, 0.6) is 0 Å². The Labute approximate surface area is 125 Å². The molecule has 2 N–H and O–H groups in total. The minimum atomic E-state index is 0.0628. The molecule has 0 saturated carbocycles. The van der Waals surface area contributed by atoms with E-state index in [-0.39, 0.29) is 5.91 Å². The van der Waals surface area contributed by atoms with Crippen molar-refractivity contribution < 1.29 is 4.79 Å². The van der Waals surface area contributed by atoms with E-state index >= 15 is 0 Å². The molecule has 1 aromatic carbocycles. The summed E-state index contributed by atoms with van der Waals surface area (Å²) in [6.45, 7) is 6.61. The van der Waals surface area contributed by atoms with Gasteiger partial charge < -0.3 is 10.6 Å². The van der Waals surface area contributed by atoms with Crippen molar-refractivity contribution in [3.63, 3.8) is 0 Å². The number of benzene rings is 1. The highest BCUT2D eigenvalue weighted by Gasteiger charge is 2.22. The zero-order valence-electron chi connectivity index (χ0n) is 12.3. The van der Waals surface area contributed by atoms with Crippen molar-refractivity contribution in [1.29, 1.82) is 0 Å². The van der Waals surface area contributed by atoms with E-state index in [1.807, 2.05) is 30.5 Å². The molecule has 1 aromatic rings. The summed E-state index contributed by atoms with van der Waals surface area (Å²) in [5.74, 6) is 0.0628. The van der Waals surface area contributed by atoms with Crippen molar-refractivity contribution in [2.24, 2.45) is 0 Å². The van der Waals surface area contributed by atoms with Gasteiger partial charge in [0.15, 0.2) is 0 Å². The predicted molar refractivity (Wildman–Crippen MR) is 85.4 cm³/mol.